The highest BCUT2D eigenvalue weighted by molar-refractivity contribution is 9.10. The lowest BCUT2D eigenvalue weighted by Gasteiger charge is -2.09. The zero-order valence-corrected chi connectivity index (χ0v) is 14.7. The van der Waals surface area contributed by atoms with Crippen LogP contribution < -0.4 is 10.6 Å². The minimum atomic E-state index is 0.524. The van der Waals surface area contributed by atoms with Crippen molar-refractivity contribution in [2.45, 2.75) is 6.92 Å². The number of aromatic nitrogens is 2. The summed E-state index contributed by atoms with van der Waals surface area (Å²) in [4.78, 5) is 8.68. The molecule has 3 rings (SSSR count). The second-order valence-corrected chi connectivity index (χ2v) is 6.31. The van der Waals surface area contributed by atoms with Crippen LogP contribution in [0.1, 0.15) is 5.56 Å². The Balaban J connectivity index is 1.76. The van der Waals surface area contributed by atoms with E-state index in [0.29, 0.717) is 11.8 Å². The Labute approximate surface area is 148 Å². The molecule has 4 nitrogen and oxygen atoms in total. The highest BCUT2D eigenvalue weighted by Crippen LogP contribution is 2.23. The van der Waals surface area contributed by atoms with E-state index in [0.717, 1.165) is 26.4 Å². The van der Waals surface area contributed by atoms with Crippen LogP contribution in [-0.2, 0) is 0 Å². The van der Waals surface area contributed by atoms with Gasteiger partial charge in [-0.2, -0.15) is 4.98 Å². The number of aryl methyl sites for hydroxylation is 1. The molecular formula is C17H14BrClN4. The summed E-state index contributed by atoms with van der Waals surface area (Å²) < 4.78 is 1.02. The third kappa shape index (κ3) is 4.21. The van der Waals surface area contributed by atoms with Gasteiger partial charge in [0.05, 0.1) is 0 Å². The van der Waals surface area contributed by atoms with Crippen molar-refractivity contribution in [3.63, 3.8) is 0 Å². The van der Waals surface area contributed by atoms with Crippen molar-refractivity contribution in [3.8, 4) is 0 Å². The molecule has 0 amide bonds. The van der Waals surface area contributed by atoms with E-state index in [1.54, 1.807) is 12.3 Å². The van der Waals surface area contributed by atoms with E-state index in [1.807, 2.05) is 49.4 Å². The molecule has 2 N–H and O–H groups in total. The lowest BCUT2D eigenvalue weighted by atomic mass is 10.2. The number of hydrogen-bond donors (Lipinski definition) is 2. The van der Waals surface area contributed by atoms with Crippen LogP contribution in [0.3, 0.4) is 0 Å². The Bertz CT molecular complexity index is 821. The van der Waals surface area contributed by atoms with Gasteiger partial charge >= 0.3 is 0 Å². The molecular weight excluding hydrogens is 376 g/mol. The van der Waals surface area contributed by atoms with Crippen molar-refractivity contribution in [3.05, 3.63) is 69.8 Å². The highest BCUT2D eigenvalue weighted by atomic mass is 79.9. The minimum absolute atomic E-state index is 0.524. The van der Waals surface area contributed by atoms with E-state index in [-0.39, 0.29) is 0 Å². The third-order valence-corrected chi connectivity index (χ3v) is 4.14. The molecule has 0 radical (unpaired) electrons. The van der Waals surface area contributed by atoms with Crippen molar-refractivity contribution < 1.29 is 0 Å². The number of nitrogens with one attached hydrogen (secondary N) is 2. The van der Waals surface area contributed by atoms with Crippen LogP contribution in [0, 0.1) is 6.92 Å². The number of benzene rings is 2. The number of nitrogens with zero attached hydrogens (tertiary/aromatic N) is 2. The first-order valence-electron chi connectivity index (χ1n) is 6.99. The molecule has 3 aromatic rings. The zero-order chi connectivity index (χ0) is 16.2. The summed E-state index contributed by atoms with van der Waals surface area (Å²) in [6.45, 7) is 1.97. The second-order valence-electron chi connectivity index (χ2n) is 4.99. The van der Waals surface area contributed by atoms with E-state index in [2.05, 4.69) is 36.5 Å². The smallest absolute Gasteiger partial charge is 0.229 e. The van der Waals surface area contributed by atoms with Gasteiger partial charge in [-0.1, -0.05) is 33.6 Å². The summed E-state index contributed by atoms with van der Waals surface area (Å²) >= 11 is 9.55. The topological polar surface area (TPSA) is 49.8 Å². The third-order valence-electron chi connectivity index (χ3n) is 3.20. The summed E-state index contributed by atoms with van der Waals surface area (Å²) in [5.41, 5.74) is 2.84. The van der Waals surface area contributed by atoms with Crippen molar-refractivity contribution in [1.82, 2.24) is 9.97 Å². The van der Waals surface area contributed by atoms with Crippen molar-refractivity contribution in [1.29, 1.82) is 0 Å². The molecule has 1 aromatic heterocycles. The Kier molecular flexibility index (Phi) is 4.79. The molecule has 0 saturated heterocycles. The number of anilines is 4. The normalized spacial score (nSPS) is 10.4. The average Bonchev–Trinajstić information content (AvgIpc) is 2.54. The van der Waals surface area contributed by atoms with Gasteiger partial charge in [-0.05, 0) is 55.0 Å². The molecule has 1 heterocycles. The summed E-state index contributed by atoms with van der Waals surface area (Å²) in [6, 6.07) is 15.4. The molecule has 6 heteroatoms. The molecule has 116 valence electrons. The molecule has 0 atom stereocenters. The van der Waals surface area contributed by atoms with Gasteiger partial charge in [-0.15, -0.1) is 0 Å². The van der Waals surface area contributed by atoms with Gasteiger partial charge in [0.2, 0.25) is 5.95 Å². The first-order chi connectivity index (χ1) is 11.1. The van der Waals surface area contributed by atoms with Gasteiger partial charge < -0.3 is 10.6 Å². The maximum absolute atomic E-state index is 6.14. The van der Waals surface area contributed by atoms with Crippen molar-refractivity contribution in [2.24, 2.45) is 0 Å². The Morgan fingerprint density at radius 3 is 2.43 bits per heavy atom. The first-order valence-corrected chi connectivity index (χ1v) is 8.16. The molecule has 0 bridgehead atoms. The maximum Gasteiger partial charge on any atom is 0.229 e. The van der Waals surface area contributed by atoms with Crippen LogP contribution in [-0.4, -0.2) is 9.97 Å². The molecule has 0 spiro atoms. The summed E-state index contributed by atoms with van der Waals surface area (Å²) in [6.07, 6.45) is 1.70. The molecule has 0 saturated carbocycles. The lowest BCUT2D eigenvalue weighted by molar-refractivity contribution is 1.16. The first kappa shape index (κ1) is 15.8. The van der Waals surface area contributed by atoms with Gasteiger partial charge in [-0.3, -0.25) is 0 Å². The van der Waals surface area contributed by atoms with Crippen molar-refractivity contribution in [2.75, 3.05) is 10.6 Å². The van der Waals surface area contributed by atoms with Gasteiger partial charge in [0.25, 0.3) is 0 Å². The maximum atomic E-state index is 6.14. The number of hydrogen-bond acceptors (Lipinski definition) is 4. The Morgan fingerprint density at radius 1 is 0.957 bits per heavy atom. The molecule has 0 fully saturated rings. The second kappa shape index (κ2) is 6.98. The van der Waals surface area contributed by atoms with E-state index in [9.17, 15) is 0 Å². The highest BCUT2D eigenvalue weighted by Gasteiger charge is 2.03. The predicted molar refractivity (Wildman–Crippen MR) is 98.9 cm³/mol. The monoisotopic (exact) mass is 388 g/mol. The SMILES string of the molecule is Cc1ccc(Nc2ccnc(Nc3ccc(Br)cc3)n2)cc1Cl. The molecule has 23 heavy (non-hydrogen) atoms. The minimum Gasteiger partial charge on any atom is -0.340 e. The number of halogens is 2. The quantitative estimate of drug-likeness (QED) is 0.602. The van der Waals surface area contributed by atoms with Crippen LogP contribution in [0.2, 0.25) is 5.02 Å². The largest absolute Gasteiger partial charge is 0.340 e. The molecule has 0 unspecified atom stereocenters. The van der Waals surface area contributed by atoms with Crippen LogP contribution in [0.4, 0.5) is 23.1 Å². The van der Waals surface area contributed by atoms with Gasteiger partial charge in [0.1, 0.15) is 5.82 Å². The fourth-order valence-electron chi connectivity index (χ4n) is 1.97. The molecule has 0 aliphatic heterocycles. The Morgan fingerprint density at radius 2 is 1.70 bits per heavy atom. The van der Waals surface area contributed by atoms with Gasteiger partial charge in [0.15, 0.2) is 0 Å². The van der Waals surface area contributed by atoms with E-state index in [1.165, 1.54) is 0 Å². The summed E-state index contributed by atoms with van der Waals surface area (Å²) in [7, 11) is 0. The number of rotatable bonds is 4. The Hall–Kier alpha value is -2.11. The molecule has 0 aliphatic rings. The molecule has 0 aliphatic carbocycles. The van der Waals surface area contributed by atoms with Crippen LogP contribution in [0.15, 0.2) is 59.2 Å². The zero-order valence-electron chi connectivity index (χ0n) is 12.3. The average molecular weight is 390 g/mol. The van der Waals surface area contributed by atoms with E-state index in [4.69, 9.17) is 11.6 Å². The fourth-order valence-corrected chi connectivity index (χ4v) is 2.41. The van der Waals surface area contributed by atoms with Crippen LogP contribution in [0.5, 0.6) is 0 Å². The van der Waals surface area contributed by atoms with Gasteiger partial charge in [-0.25, -0.2) is 4.98 Å². The summed E-state index contributed by atoms with van der Waals surface area (Å²) in [5.74, 6) is 1.22. The van der Waals surface area contributed by atoms with Gasteiger partial charge in [0, 0.05) is 27.1 Å². The van der Waals surface area contributed by atoms with Crippen molar-refractivity contribution >= 4 is 50.7 Å². The van der Waals surface area contributed by atoms with E-state index >= 15 is 0 Å². The molecule has 2 aromatic carbocycles. The van der Waals surface area contributed by atoms with E-state index < -0.39 is 0 Å². The fraction of sp³-hybridized carbons (Fsp3) is 0.0588. The standard InChI is InChI=1S/C17H14BrClN4/c1-11-2-5-14(10-15(11)19)21-16-8-9-20-17(23-16)22-13-6-3-12(18)4-7-13/h2-10H,1H3,(H2,20,21,22,23). The lowest BCUT2D eigenvalue weighted by Crippen LogP contribution is -2.00. The predicted octanol–water partition coefficient (Wildman–Crippen LogP) is 5.69. The summed E-state index contributed by atoms with van der Waals surface area (Å²) in [5, 5.41) is 7.11. The van der Waals surface area contributed by atoms with Crippen LogP contribution in [0.25, 0.3) is 0 Å². The van der Waals surface area contributed by atoms with Crippen LogP contribution >= 0.6 is 27.5 Å².